The van der Waals surface area contributed by atoms with Gasteiger partial charge in [-0.1, -0.05) is 6.07 Å². The molecule has 0 radical (unpaired) electrons. The van der Waals surface area contributed by atoms with Gasteiger partial charge in [-0.2, -0.15) is 0 Å². The zero-order valence-electron chi connectivity index (χ0n) is 12.5. The highest BCUT2D eigenvalue weighted by atomic mass is 16.3. The second-order valence-electron chi connectivity index (χ2n) is 5.43. The van der Waals surface area contributed by atoms with Gasteiger partial charge in [-0.05, 0) is 36.8 Å². The standard InChI is InChI=1S/C17H17N3O3/c21-15-7-6-13(19-17(23)14-4-1-2-8-18-14)10-12(15)11-20-9-3-5-16(20)22/h1-2,4,6-8,10,21H,3,5,9,11H2,(H,19,23). The Balaban J connectivity index is 1.75. The highest BCUT2D eigenvalue weighted by Gasteiger charge is 2.21. The van der Waals surface area contributed by atoms with Crippen molar-refractivity contribution in [1.82, 2.24) is 9.88 Å². The van der Waals surface area contributed by atoms with Crippen LogP contribution in [0.5, 0.6) is 5.75 Å². The fraction of sp³-hybridized carbons (Fsp3) is 0.235. The van der Waals surface area contributed by atoms with Crippen molar-refractivity contribution in [1.29, 1.82) is 0 Å². The van der Waals surface area contributed by atoms with Crippen LogP contribution < -0.4 is 5.32 Å². The van der Waals surface area contributed by atoms with Crippen molar-refractivity contribution in [2.75, 3.05) is 11.9 Å². The van der Waals surface area contributed by atoms with Crippen LogP contribution in [0.15, 0.2) is 42.6 Å². The number of rotatable bonds is 4. The Labute approximate surface area is 133 Å². The van der Waals surface area contributed by atoms with E-state index in [9.17, 15) is 14.7 Å². The van der Waals surface area contributed by atoms with E-state index in [4.69, 9.17) is 0 Å². The molecule has 0 spiro atoms. The first-order chi connectivity index (χ1) is 11.1. The second kappa shape index (κ2) is 6.48. The number of nitrogens with one attached hydrogen (secondary N) is 1. The van der Waals surface area contributed by atoms with E-state index >= 15 is 0 Å². The number of benzene rings is 1. The molecule has 1 aromatic carbocycles. The average Bonchev–Trinajstić information content (AvgIpc) is 2.96. The smallest absolute Gasteiger partial charge is 0.274 e. The van der Waals surface area contributed by atoms with Crippen LogP contribution in [0, 0.1) is 0 Å². The van der Waals surface area contributed by atoms with Gasteiger partial charge in [0.1, 0.15) is 11.4 Å². The van der Waals surface area contributed by atoms with Crippen LogP contribution in [0.3, 0.4) is 0 Å². The molecule has 1 aromatic heterocycles. The lowest BCUT2D eigenvalue weighted by Crippen LogP contribution is -2.24. The van der Waals surface area contributed by atoms with Crippen LogP contribution in [0.2, 0.25) is 0 Å². The number of phenolic OH excluding ortho intramolecular Hbond substituents is 1. The van der Waals surface area contributed by atoms with Crippen LogP contribution in [0.25, 0.3) is 0 Å². The van der Waals surface area contributed by atoms with E-state index in [0.717, 1.165) is 6.42 Å². The first-order valence-corrected chi connectivity index (χ1v) is 7.45. The Hall–Kier alpha value is -2.89. The molecule has 0 saturated carbocycles. The van der Waals surface area contributed by atoms with E-state index < -0.39 is 0 Å². The van der Waals surface area contributed by atoms with Gasteiger partial charge < -0.3 is 15.3 Å². The lowest BCUT2D eigenvalue weighted by molar-refractivity contribution is -0.128. The minimum absolute atomic E-state index is 0.0901. The fourth-order valence-corrected chi connectivity index (χ4v) is 2.56. The molecule has 0 bridgehead atoms. The summed E-state index contributed by atoms with van der Waals surface area (Å²) in [7, 11) is 0. The van der Waals surface area contributed by atoms with Crippen LogP contribution in [0.1, 0.15) is 28.9 Å². The van der Waals surface area contributed by atoms with Gasteiger partial charge in [0.05, 0.1) is 0 Å². The van der Waals surface area contributed by atoms with Crippen molar-refractivity contribution in [2.45, 2.75) is 19.4 Å². The van der Waals surface area contributed by atoms with Crippen molar-refractivity contribution in [3.05, 3.63) is 53.9 Å². The van der Waals surface area contributed by atoms with Crippen molar-refractivity contribution in [3.8, 4) is 5.75 Å². The van der Waals surface area contributed by atoms with E-state index in [2.05, 4.69) is 10.3 Å². The molecule has 0 atom stereocenters. The number of pyridine rings is 1. The number of carbonyl (C=O) groups is 2. The molecular formula is C17H17N3O3. The molecule has 6 heteroatoms. The highest BCUT2D eigenvalue weighted by Crippen LogP contribution is 2.25. The Morgan fingerprint density at radius 2 is 2.17 bits per heavy atom. The SMILES string of the molecule is O=C(Nc1ccc(O)c(CN2CCCC2=O)c1)c1ccccn1. The predicted octanol–water partition coefficient (Wildman–Crippen LogP) is 2.16. The number of carbonyl (C=O) groups excluding carboxylic acids is 2. The summed E-state index contributed by atoms with van der Waals surface area (Å²) in [5, 5.41) is 12.7. The van der Waals surface area contributed by atoms with Crippen LogP contribution in [-0.2, 0) is 11.3 Å². The van der Waals surface area contributed by atoms with Crippen molar-refractivity contribution >= 4 is 17.5 Å². The quantitative estimate of drug-likeness (QED) is 0.848. The highest BCUT2D eigenvalue weighted by molar-refractivity contribution is 6.02. The molecule has 2 aromatic rings. The third-order valence-electron chi connectivity index (χ3n) is 3.77. The van der Waals surface area contributed by atoms with Crippen LogP contribution >= 0.6 is 0 Å². The monoisotopic (exact) mass is 311 g/mol. The number of phenols is 1. The summed E-state index contributed by atoms with van der Waals surface area (Å²) in [5.41, 5.74) is 1.48. The van der Waals surface area contributed by atoms with Gasteiger partial charge in [-0.3, -0.25) is 14.6 Å². The van der Waals surface area contributed by atoms with Gasteiger partial charge in [0.25, 0.3) is 5.91 Å². The van der Waals surface area contributed by atoms with E-state index in [-0.39, 0.29) is 17.6 Å². The topological polar surface area (TPSA) is 82.5 Å². The number of hydrogen-bond donors (Lipinski definition) is 2. The van der Waals surface area contributed by atoms with Crippen molar-refractivity contribution in [2.24, 2.45) is 0 Å². The predicted molar refractivity (Wildman–Crippen MR) is 84.9 cm³/mol. The summed E-state index contributed by atoms with van der Waals surface area (Å²) in [6.07, 6.45) is 2.95. The minimum Gasteiger partial charge on any atom is -0.508 e. The molecule has 1 fully saturated rings. The third kappa shape index (κ3) is 3.48. The number of hydrogen-bond acceptors (Lipinski definition) is 4. The molecule has 0 aliphatic carbocycles. The Morgan fingerprint density at radius 1 is 1.30 bits per heavy atom. The molecule has 1 saturated heterocycles. The zero-order chi connectivity index (χ0) is 16.2. The van der Waals surface area contributed by atoms with E-state index in [1.54, 1.807) is 41.4 Å². The molecule has 1 aliphatic rings. The molecule has 2 heterocycles. The van der Waals surface area contributed by atoms with E-state index in [0.29, 0.717) is 36.5 Å². The molecule has 23 heavy (non-hydrogen) atoms. The molecule has 6 nitrogen and oxygen atoms in total. The summed E-state index contributed by atoms with van der Waals surface area (Å²) < 4.78 is 0. The Bertz CT molecular complexity index is 731. The van der Waals surface area contributed by atoms with Gasteiger partial charge >= 0.3 is 0 Å². The van der Waals surface area contributed by atoms with Crippen LogP contribution in [0.4, 0.5) is 5.69 Å². The van der Waals surface area contributed by atoms with E-state index in [1.807, 2.05) is 0 Å². The number of likely N-dealkylation sites (tertiary alicyclic amines) is 1. The number of amides is 2. The average molecular weight is 311 g/mol. The normalized spacial score (nSPS) is 14.1. The van der Waals surface area contributed by atoms with Gasteiger partial charge in [0, 0.05) is 37.0 Å². The van der Waals surface area contributed by atoms with Crippen molar-refractivity contribution in [3.63, 3.8) is 0 Å². The number of aromatic nitrogens is 1. The lowest BCUT2D eigenvalue weighted by Gasteiger charge is -2.17. The van der Waals surface area contributed by atoms with Crippen LogP contribution in [-0.4, -0.2) is 33.3 Å². The van der Waals surface area contributed by atoms with Crippen molar-refractivity contribution < 1.29 is 14.7 Å². The number of nitrogens with zero attached hydrogens (tertiary/aromatic N) is 2. The maximum atomic E-state index is 12.1. The molecule has 0 unspecified atom stereocenters. The first kappa shape index (κ1) is 15.0. The minimum atomic E-state index is -0.320. The van der Waals surface area contributed by atoms with Gasteiger partial charge in [-0.25, -0.2) is 0 Å². The summed E-state index contributed by atoms with van der Waals surface area (Å²) in [6.45, 7) is 1.04. The van der Waals surface area contributed by atoms with E-state index in [1.165, 1.54) is 6.07 Å². The first-order valence-electron chi connectivity index (χ1n) is 7.45. The summed E-state index contributed by atoms with van der Waals surface area (Å²) in [6, 6.07) is 9.92. The summed E-state index contributed by atoms with van der Waals surface area (Å²) in [4.78, 5) is 29.5. The molecule has 3 rings (SSSR count). The van der Waals surface area contributed by atoms with Gasteiger partial charge in [0.2, 0.25) is 5.91 Å². The van der Waals surface area contributed by atoms with Gasteiger partial charge in [-0.15, -0.1) is 0 Å². The molecule has 118 valence electrons. The zero-order valence-corrected chi connectivity index (χ0v) is 12.5. The third-order valence-corrected chi connectivity index (χ3v) is 3.77. The molecular weight excluding hydrogens is 294 g/mol. The molecule has 2 N–H and O–H groups in total. The summed E-state index contributed by atoms with van der Waals surface area (Å²) >= 11 is 0. The summed E-state index contributed by atoms with van der Waals surface area (Å²) in [5.74, 6) is -0.118. The Kier molecular flexibility index (Phi) is 4.23. The second-order valence-corrected chi connectivity index (χ2v) is 5.43. The number of aromatic hydroxyl groups is 1. The molecule has 1 aliphatic heterocycles. The van der Waals surface area contributed by atoms with Gasteiger partial charge in [0.15, 0.2) is 0 Å². The number of anilines is 1. The maximum absolute atomic E-state index is 12.1. The maximum Gasteiger partial charge on any atom is 0.274 e. The lowest BCUT2D eigenvalue weighted by atomic mass is 10.1. The Morgan fingerprint density at radius 3 is 2.87 bits per heavy atom. The molecule has 2 amide bonds. The largest absolute Gasteiger partial charge is 0.508 e. The fourth-order valence-electron chi connectivity index (χ4n) is 2.56.